The zero-order valence-corrected chi connectivity index (χ0v) is 17.2. The first-order valence-electron chi connectivity index (χ1n) is 9.82. The van der Waals surface area contributed by atoms with Crippen molar-refractivity contribution in [3.8, 4) is 6.07 Å². The van der Waals surface area contributed by atoms with Crippen molar-refractivity contribution < 1.29 is 14.4 Å². The third-order valence-corrected chi connectivity index (χ3v) is 6.37. The van der Waals surface area contributed by atoms with Gasteiger partial charge in [0.05, 0.1) is 29.6 Å². The Morgan fingerprint density at radius 2 is 2.17 bits per heavy atom. The van der Waals surface area contributed by atoms with Gasteiger partial charge in [-0.05, 0) is 37.1 Å². The Hall–Kier alpha value is -3.12. The van der Waals surface area contributed by atoms with Crippen molar-refractivity contribution >= 4 is 46.1 Å². The van der Waals surface area contributed by atoms with Crippen LogP contribution in [-0.4, -0.2) is 58.4 Å². The molecule has 1 atom stereocenters. The van der Waals surface area contributed by atoms with Gasteiger partial charge in [-0.25, -0.2) is 0 Å². The van der Waals surface area contributed by atoms with Crippen LogP contribution >= 0.6 is 11.8 Å². The molecule has 0 bridgehead atoms. The summed E-state index contributed by atoms with van der Waals surface area (Å²) >= 11 is 1.52. The maximum absolute atomic E-state index is 12.8. The van der Waals surface area contributed by atoms with Gasteiger partial charge >= 0.3 is 0 Å². The molecule has 0 saturated carbocycles. The quantitative estimate of drug-likeness (QED) is 0.805. The van der Waals surface area contributed by atoms with Crippen LogP contribution in [0.4, 0.5) is 5.69 Å². The molecule has 2 fully saturated rings. The lowest BCUT2D eigenvalue weighted by atomic mass is 10.1. The number of thioether (sulfide) groups is 1. The van der Waals surface area contributed by atoms with Crippen LogP contribution in [0.5, 0.6) is 0 Å². The Morgan fingerprint density at radius 1 is 1.30 bits per heavy atom. The number of hydrogen-bond donors (Lipinski definition) is 1. The molecule has 3 amide bonds. The number of aromatic nitrogens is 1. The van der Waals surface area contributed by atoms with Crippen molar-refractivity contribution in [3.63, 3.8) is 0 Å². The zero-order chi connectivity index (χ0) is 21.1. The number of hydrogen-bond acceptors (Lipinski definition) is 6. The average Bonchev–Trinajstić information content (AvgIpc) is 3.26. The fourth-order valence-corrected chi connectivity index (χ4v) is 4.83. The summed E-state index contributed by atoms with van der Waals surface area (Å²) in [6.07, 6.45) is 3.92. The van der Waals surface area contributed by atoms with E-state index in [-0.39, 0.29) is 18.4 Å². The fourth-order valence-electron chi connectivity index (χ4n) is 3.73. The van der Waals surface area contributed by atoms with Gasteiger partial charge in [0.15, 0.2) is 0 Å². The van der Waals surface area contributed by atoms with E-state index in [1.807, 2.05) is 12.1 Å². The SMILES string of the molecule is N#CC1CSCN1C(=O)CNC(=O)c1ccnc2ccc(N3CCCCC3=O)cc12. The van der Waals surface area contributed by atoms with Gasteiger partial charge in [0.1, 0.15) is 6.04 Å². The Balaban J connectivity index is 1.53. The molecule has 2 aliphatic heterocycles. The second-order valence-electron chi connectivity index (χ2n) is 7.25. The number of rotatable bonds is 4. The lowest BCUT2D eigenvalue weighted by molar-refractivity contribution is -0.129. The number of piperidine rings is 1. The molecular formula is C21H21N5O3S. The summed E-state index contributed by atoms with van der Waals surface area (Å²) in [6, 6.07) is 8.72. The second-order valence-corrected chi connectivity index (χ2v) is 8.25. The maximum Gasteiger partial charge on any atom is 0.252 e. The Bertz CT molecular complexity index is 1050. The standard InChI is InChI=1S/C21H21N5O3S/c22-10-15-12-30-13-26(15)20(28)11-24-21(29)16-6-7-23-18-5-4-14(9-17(16)18)25-8-2-1-3-19(25)27/h4-7,9,15H,1-3,8,11-13H2,(H,24,29). The van der Waals surface area contributed by atoms with Crippen LogP contribution in [-0.2, 0) is 9.59 Å². The number of fused-ring (bicyclic) bond motifs is 1. The molecule has 1 aromatic heterocycles. The summed E-state index contributed by atoms with van der Waals surface area (Å²) < 4.78 is 0. The molecule has 4 rings (SSSR count). The molecule has 154 valence electrons. The molecule has 8 nitrogen and oxygen atoms in total. The number of carbonyl (C=O) groups excluding carboxylic acids is 3. The highest BCUT2D eigenvalue weighted by Gasteiger charge is 2.29. The number of nitrogens with zero attached hydrogens (tertiary/aromatic N) is 4. The molecule has 1 N–H and O–H groups in total. The van der Waals surface area contributed by atoms with E-state index < -0.39 is 11.9 Å². The molecular weight excluding hydrogens is 402 g/mol. The van der Waals surface area contributed by atoms with Crippen LogP contribution in [0.1, 0.15) is 29.6 Å². The molecule has 3 heterocycles. The van der Waals surface area contributed by atoms with Gasteiger partial charge in [-0.15, -0.1) is 11.8 Å². The summed E-state index contributed by atoms with van der Waals surface area (Å²) in [5.74, 6) is 0.453. The van der Waals surface area contributed by atoms with Crippen molar-refractivity contribution in [3.05, 3.63) is 36.0 Å². The van der Waals surface area contributed by atoms with Crippen LogP contribution in [0.3, 0.4) is 0 Å². The monoisotopic (exact) mass is 423 g/mol. The molecule has 2 aliphatic rings. The summed E-state index contributed by atoms with van der Waals surface area (Å²) in [6.45, 7) is 0.486. The summed E-state index contributed by atoms with van der Waals surface area (Å²) in [4.78, 5) is 45.0. The van der Waals surface area contributed by atoms with E-state index in [1.54, 1.807) is 23.2 Å². The van der Waals surface area contributed by atoms with E-state index in [0.717, 1.165) is 18.5 Å². The number of pyridine rings is 1. The average molecular weight is 423 g/mol. The molecule has 30 heavy (non-hydrogen) atoms. The molecule has 0 aliphatic carbocycles. The number of amides is 3. The minimum atomic E-state index is -0.453. The van der Waals surface area contributed by atoms with Gasteiger partial charge in [0.25, 0.3) is 5.91 Å². The number of carbonyl (C=O) groups is 3. The van der Waals surface area contributed by atoms with Crippen molar-refractivity contribution in [2.24, 2.45) is 0 Å². The first kappa shape index (κ1) is 20.2. The molecule has 1 aromatic carbocycles. The minimum Gasteiger partial charge on any atom is -0.343 e. The maximum atomic E-state index is 12.8. The van der Waals surface area contributed by atoms with Crippen LogP contribution < -0.4 is 10.2 Å². The third kappa shape index (κ3) is 3.96. The largest absolute Gasteiger partial charge is 0.343 e. The van der Waals surface area contributed by atoms with E-state index in [4.69, 9.17) is 5.26 Å². The predicted octanol–water partition coefficient (Wildman–Crippen LogP) is 1.91. The second kappa shape index (κ2) is 8.71. The fraction of sp³-hybridized carbons (Fsp3) is 0.381. The number of nitriles is 1. The Labute approximate surface area is 178 Å². The van der Waals surface area contributed by atoms with Crippen LogP contribution in [0.15, 0.2) is 30.5 Å². The predicted molar refractivity (Wildman–Crippen MR) is 114 cm³/mol. The number of benzene rings is 1. The highest BCUT2D eigenvalue weighted by molar-refractivity contribution is 7.99. The first-order valence-corrected chi connectivity index (χ1v) is 11.0. The van der Waals surface area contributed by atoms with E-state index >= 15 is 0 Å². The lowest BCUT2D eigenvalue weighted by Crippen LogP contribution is -2.42. The first-order chi connectivity index (χ1) is 14.6. The van der Waals surface area contributed by atoms with Crippen molar-refractivity contribution in [1.29, 1.82) is 5.26 Å². The lowest BCUT2D eigenvalue weighted by Gasteiger charge is -2.27. The van der Waals surface area contributed by atoms with Crippen LogP contribution in [0, 0.1) is 11.3 Å². The highest BCUT2D eigenvalue weighted by atomic mass is 32.2. The smallest absolute Gasteiger partial charge is 0.252 e. The molecule has 2 aromatic rings. The van der Waals surface area contributed by atoms with Crippen LogP contribution in [0.2, 0.25) is 0 Å². The van der Waals surface area contributed by atoms with Gasteiger partial charge in [-0.2, -0.15) is 5.26 Å². The van der Waals surface area contributed by atoms with Crippen molar-refractivity contribution in [2.75, 3.05) is 29.6 Å². The van der Waals surface area contributed by atoms with E-state index in [9.17, 15) is 14.4 Å². The summed E-state index contributed by atoms with van der Waals surface area (Å²) in [7, 11) is 0. The van der Waals surface area contributed by atoms with Crippen LogP contribution in [0.25, 0.3) is 10.9 Å². The summed E-state index contributed by atoms with van der Waals surface area (Å²) in [5.41, 5.74) is 1.78. The van der Waals surface area contributed by atoms with E-state index in [0.29, 0.717) is 41.1 Å². The van der Waals surface area contributed by atoms with Crippen molar-refractivity contribution in [2.45, 2.75) is 25.3 Å². The van der Waals surface area contributed by atoms with Crippen molar-refractivity contribution in [1.82, 2.24) is 15.2 Å². The van der Waals surface area contributed by atoms with Gasteiger partial charge in [-0.3, -0.25) is 19.4 Å². The topological polar surface area (TPSA) is 106 Å². The molecule has 2 saturated heterocycles. The molecule has 1 unspecified atom stereocenters. The van der Waals surface area contributed by atoms with E-state index in [1.165, 1.54) is 16.7 Å². The normalized spacial score (nSPS) is 19.0. The molecule has 0 spiro atoms. The molecule has 9 heteroatoms. The minimum absolute atomic E-state index is 0.0802. The molecule has 0 radical (unpaired) electrons. The Kier molecular flexibility index (Phi) is 5.86. The highest BCUT2D eigenvalue weighted by Crippen LogP contribution is 2.27. The summed E-state index contributed by atoms with van der Waals surface area (Å²) in [5, 5.41) is 12.4. The number of nitrogens with one attached hydrogen (secondary N) is 1. The van der Waals surface area contributed by atoms with Gasteiger partial charge in [-0.1, -0.05) is 0 Å². The van der Waals surface area contributed by atoms with Gasteiger partial charge < -0.3 is 15.1 Å². The third-order valence-electron chi connectivity index (χ3n) is 5.36. The van der Waals surface area contributed by atoms with Gasteiger partial charge in [0.2, 0.25) is 11.8 Å². The Morgan fingerprint density at radius 3 is 2.97 bits per heavy atom. The van der Waals surface area contributed by atoms with Gasteiger partial charge in [0, 0.05) is 36.0 Å². The number of anilines is 1. The van der Waals surface area contributed by atoms with E-state index in [2.05, 4.69) is 16.4 Å². The zero-order valence-electron chi connectivity index (χ0n) is 16.3.